The fourth-order valence-corrected chi connectivity index (χ4v) is 1.83. The molecule has 0 aliphatic carbocycles. The highest BCUT2D eigenvalue weighted by molar-refractivity contribution is 5.93. The average molecular weight is 249 g/mol. The molecule has 0 aliphatic heterocycles. The maximum atomic E-state index is 11.8. The second-order valence-corrected chi connectivity index (χ2v) is 5.04. The van der Waals surface area contributed by atoms with E-state index in [0.29, 0.717) is 23.7 Å². The highest BCUT2D eigenvalue weighted by Crippen LogP contribution is 2.16. The minimum atomic E-state index is 0.00325. The molecular formula is C14H23N3O. The SMILES string of the molecule is CC(C)CN(C)CCC(=O)Nc1ccccc1N. The molecule has 1 aromatic rings. The Kier molecular flexibility index (Phi) is 5.65. The van der Waals surface area contributed by atoms with Crippen molar-refractivity contribution in [3.8, 4) is 0 Å². The van der Waals surface area contributed by atoms with Gasteiger partial charge in [-0.15, -0.1) is 0 Å². The summed E-state index contributed by atoms with van der Waals surface area (Å²) >= 11 is 0. The number of nitrogens with one attached hydrogen (secondary N) is 1. The summed E-state index contributed by atoms with van der Waals surface area (Å²) in [5, 5.41) is 2.83. The van der Waals surface area contributed by atoms with Gasteiger partial charge in [-0.25, -0.2) is 0 Å². The van der Waals surface area contributed by atoms with Gasteiger partial charge in [0.25, 0.3) is 0 Å². The fraction of sp³-hybridized carbons (Fsp3) is 0.500. The zero-order chi connectivity index (χ0) is 13.5. The Morgan fingerprint density at radius 2 is 2.06 bits per heavy atom. The van der Waals surface area contributed by atoms with E-state index >= 15 is 0 Å². The zero-order valence-electron chi connectivity index (χ0n) is 11.4. The van der Waals surface area contributed by atoms with E-state index in [9.17, 15) is 4.79 Å². The molecule has 1 rings (SSSR count). The number of amides is 1. The van der Waals surface area contributed by atoms with Crippen LogP contribution in [0.2, 0.25) is 0 Å². The summed E-state index contributed by atoms with van der Waals surface area (Å²) in [7, 11) is 2.03. The van der Waals surface area contributed by atoms with Gasteiger partial charge in [0.15, 0.2) is 0 Å². The molecule has 0 aliphatic rings. The summed E-state index contributed by atoms with van der Waals surface area (Å²) < 4.78 is 0. The number of benzene rings is 1. The number of rotatable bonds is 6. The van der Waals surface area contributed by atoms with Crippen molar-refractivity contribution in [3.05, 3.63) is 24.3 Å². The predicted molar refractivity (Wildman–Crippen MR) is 76.4 cm³/mol. The highest BCUT2D eigenvalue weighted by Gasteiger charge is 2.07. The van der Waals surface area contributed by atoms with Crippen LogP contribution in [0.1, 0.15) is 20.3 Å². The van der Waals surface area contributed by atoms with Crippen LogP contribution < -0.4 is 11.1 Å². The molecular weight excluding hydrogens is 226 g/mol. The number of carbonyl (C=O) groups is 1. The lowest BCUT2D eigenvalue weighted by atomic mass is 10.2. The monoisotopic (exact) mass is 249 g/mol. The lowest BCUT2D eigenvalue weighted by Crippen LogP contribution is -2.27. The number of hydrogen-bond donors (Lipinski definition) is 2. The molecule has 4 nitrogen and oxygen atoms in total. The van der Waals surface area contributed by atoms with Gasteiger partial charge in [0.1, 0.15) is 0 Å². The zero-order valence-corrected chi connectivity index (χ0v) is 11.4. The molecule has 0 spiro atoms. The molecule has 0 radical (unpaired) electrons. The molecule has 100 valence electrons. The van der Waals surface area contributed by atoms with Gasteiger partial charge < -0.3 is 16.0 Å². The van der Waals surface area contributed by atoms with Crippen LogP contribution >= 0.6 is 0 Å². The van der Waals surface area contributed by atoms with Gasteiger partial charge >= 0.3 is 0 Å². The molecule has 3 N–H and O–H groups in total. The van der Waals surface area contributed by atoms with Crippen LogP contribution in [-0.4, -0.2) is 30.9 Å². The van der Waals surface area contributed by atoms with Crippen LogP contribution in [0.25, 0.3) is 0 Å². The Labute approximate surface area is 109 Å². The number of hydrogen-bond acceptors (Lipinski definition) is 3. The third kappa shape index (κ3) is 5.19. The summed E-state index contributed by atoms with van der Waals surface area (Å²) in [6, 6.07) is 7.30. The van der Waals surface area contributed by atoms with E-state index in [1.807, 2.05) is 25.2 Å². The minimum Gasteiger partial charge on any atom is -0.397 e. The molecule has 0 aromatic heterocycles. The number of anilines is 2. The lowest BCUT2D eigenvalue weighted by Gasteiger charge is -2.18. The van der Waals surface area contributed by atoms with Crippen LogP contribution in [0.15, 0.2) is 24.3 Å². The summed E-state index contributed by atoms with van der Waals surface area (Å²) in [6.45, 7) is 6.10. The number of nitrogen functional groups attached to an aromatic ring is 1. The standard InChI is InChI=1S/C14H23N3O/c1-11(2)10-17(3)9-8-14(18)16-13-7-5-4-6-12(13)15/h4-7,11H,8-10,15H2,1-3H3,(H,16,18). The van der Waals surface area contributed by atoms with E-state index in [4.69, 9.17) is 5.73 Å². The van der Waals surface area contributed by atoms with Crippen molar-refractivity contribution in [1.29, 1.82) is 0 Å². The molecule has 0 fully saturated rings. The van der Waals surface area contributed by atoms with Gasteiger partial charge in [0.05, 0.1) is 11.4 Å². The maximum Gasteiger partial charge on any atom is 0.225 e. The smallest absolute Gasteiger partial charge is 0.225 e. The van der Waals surface area contributed by atoms with Gasteiger partial charge in [-0.2, -0.15) is 0 Å². The molecule has 1 amide bonds. The maximum absolute atomic E-state index is 11.8. The Balaban J connectivity index is 2.36. The van der Waals surface area contributed by atoms with E-state index in [2.05, 4.69) is 24.1 Å². The molecule has 18 heavy (non-hydrogen) atoms. The summed E-state index contributed by atoms with van der Waals surface area (Å²) in [5.41, 5.74) is 7.05. The molecule has 0 saturated heterocycles. The molecule has 1 aromatic carbocycles. The second-order valence-electron chi connectivity index (χ2n) is 5.04. The first kappa shape index (κ1) is 14.5. The van der Waals surface area contributed by atoms with Gasteiger partial charge in [-0.3, -0.25) is 4.79 Å². The number of nitrogens with two attached hydrogens (primary N) is 1. The van der Waals surface area contributed by atoms with E-state index < -0.39 is 0 Å². The van der Waals surface area contributed by atoms with Crippen LogP contribution in [-0.2, 0) is 4.79 Å². The number of carbonyl (C=O) groups excluding carboxylic acids is 1. The Hall–Kier alpha value is -1.55. The van der Waals surface area contributed by atoms with Crippen LogP contribution in [0, 0.1) is 5.92 Å². The largest absolute Gasteiger partial charge is 0.397 e. The first-order valence-corrected chi connectivity index (χ1v) is 6.32. The quantitative estimate of drug-likeness (QED) is 0.760. The summed E-state index contributed by atoms with van der Waals surface area (Å²) in [4.78, 5) is 13.9. The summed E-state index contributed by atoms with van der Waals surface area (Å²) in [5.74, 6) is 0.617. The lowest BCUT2D eigenvalue weighted by molar-refractivity contribution is -0.116. The number of para-hydroxylation sites is 2. The van der Waals surface area contributed by atoms with Crippen molar-refractivity contribution < 1.29 is 4.79 Å². The van der Waals surface area contributed by atoms with E-state index in [1.54, 1.807) is 6.07 Å². The number of nitrogens with zero attached hydrogens (tertiary/aromatic N) is 1. The van der Waals surface area contributed by atoms with E-state index in [1.165, 1.54) is 0 Å². The first-order valence-electron chi connectivity index (χ1n) is 6.32. The highest BCUT2D eigenvalue weighted by atomic mass is 16.1. The molecule has 0 bridgehead atoms. The van der Waals surface area contributed by atoms with Gasteiger partial charge in [0.2, 0.25) is 5.91 Å². The molecule has 0 heterocycles. The van der Waals surface area contributed by atoms with Crippen molar-refractivity contribution in [2.24, 2.45) is 5.92 Å². The third-order valence-corrected chi connectivity index (χ3v) is 2.63. The molecule has 0 atom stereocenters. The topological polar surface area (TPSA) is 58.4 Å². The van der Waals surface area contributed by atoms with Crippen LogP contribution in [0.5, 0.6) is 0 Å². The van der Waals surface area contributed by atoms with Crippen molar-refractivity contribution in [3.63, 3.8) is 0 Å². The first-order chi connectivity index (χ1) is 8.49. The van der Waals surface area contributed by atoms with Gasteiger partial charge in [-0.1, -0.05) is 26.0 Å². The normalized spacial score (nSPS) is 10.9. The van der Waals surface area contributed by atoms with Crippen molar-refractivity contribution >= 4 is 17.3 Å². The minimum absolute atomic E-state index is 0.00325. The van der Waals surface area contributed by atoms with E-state index in [-0.39, 0.29) is 5.91 Å². The molecule has 0 saturated carbocycles. The fourth-order valence-electron chi connectivity index (χ4n) is 1.83. The summed E-state index contributed by atoms with van der Waals surface area (Å²) in [6.07, 6.45) is 0.484. The van der Waals surface area contributed by atoms with Crippen molar-refractivity contribution in [2.45, 2.75) is 20.3 Å². The predicted octanol–water partition coefficient (Wildman–Crippen LogP) is 2.19. The second kappa shape index (κ2) is 7.01. The van der Waals surface area contributed by atoms with Crippen molar-refractivity contribution in [1.82, 2.24) is 4.90 Å². The van der Waals surface area contributed by atoms with Gasteiger partial charge in [0, 0.05) is 19.5 Å². The Morgan fingerprint density at radius 3 is 2.67 bits per heavy atom. The Morgan fingerprint density at radius 1 is 1.39 bits per heavy atom. The van der Waals surface area contributed by atoms with Crippen LogP contribution in [0.3, 0.4) is 0 Å². The molecule has 4 heteroatoms. The molecule has 0 unspecified atom stereocenters. The van der Waals surface area contributed by atoms with Gasteiger partial charge in [-0.05, 0) is 25.1 Å². The average Bonchev–Trinajstić information content (AvgIpc) is 2.29. The van der Waals surface area contributed by atoms with E-state index in [0.717, 1.165) is 13.1 Å². The van der Waals surface area contributed by atoms with Crippen LogP contribution in [0.4, 0.5) is 11.4 Å². The third-order valence-electron chi connectivity index (χ3n) is 2.63. The Bertz CT molecular complexity index is 390. The van der Waals surface area contributed by atoms with Crippen molar-refractivity contribution in [2.75, 3.05) is 31.2 Å².